The molecule has 2 unspecified atom stereocenters. The number of hydrogen-bond acceptors (Lipinski definition) is 7. The number of nitrogens with one attached hydrogen (secondary N) is 1. The topological polar surface area (TPSA) is 87.4 Å². The van der Waals surface area contributed by atoms with Crippen molar-refractivity contribution >= 4 is 11.6 Å². The molecule has 0 aliphatic carbocycles. The number of aromatic nitrogens is 3. The molecule has 150 valence electrons. The standard InChI is InChI=1S/C21H24N6O2/c1-26(2)16-9-7-14(8-10-16)20(28)23-15-12-18(27(3)13-15)21-24-19(25-29-21)17-6-4-5-11-22-17/h4-11,15,18H,12-13H2,1-3H3,(H,23,28). The van der Waals surface area contributed by atoms with Gasteiger partial charge < -0.3 is 14.7 Å². The van der Waals surface area contributed by atoms with Gasteiger partial charge in [0.1, 0.15) is 5.69 Å². The van der Waals surface area contributed by atoms with Gasteiger partial charge in [0.25, 0.3) is 5.91 Å². The Kier molecular flexibility index (Phi) is 5.26. The first-order chi connectivity index (χ1) is 14.0. The van der Waals surface area contributed by atoms with Gasteiger partial charge in [-0.3, -0.25) is 14.7 Å². The fraction of sp³-hybridized carbons (Fsp3) is 0.333. The Balaban J connectivity index is 1.41. The third-order valence-corrected chi connectivity index (χ3v) is 5.15. The maximum atomic E-state index is 12.6. The zero-order valence-electron chi connectivity index (χ0n) is 16.7. The van der Waals surface area contributed by atoms with Crippen molar-refractivity contribution in [3.63, 3.8) is 0 Å². The zero-order valence-corrected chi connectivity index (χ0v) is 16.7. The molecule has 0 spiro atoms. The number of carbonyl (C=O) groups is 1. The van der Waals surface area contributed by atoms with Crippen molar-refractivity contribution in [3.8, 4) is 11.5 Å². The smallest absolute Gasteiger partial charge is 0.251 e. The van der Waals surface area contributed by atoms with E-state index in [2.05, 4.69) is 25.3 Å². The number of rotatable bonds is 5. The molecule has 3 heterocycles. The van der Waals surface area contributed by atoms with E-state index in [-0.39, 0.29) is 18.0 Å². The fourth-order valence-corrected chi connectivity index (χ4v) is 3.54. The predicted molar refractivity (Wildman–Crippen MR) is 110 cm³/mol. The van der Waals surface area contributed by atoms with Crippen LogP contribution in [0.15, 0.2) is 53.2 Å². The van der Waals surface area contributed by atoms with E-state index in [1.807, 2.05) is 68.5 Å². The number of likely N-dealkylation sites (N-methyl/N-ethyl adjacent to an activating group) is 1. The normalized spacial score (nSPS) is 19.3. The lowest BCUT2D eigenvalue weighted by Crippen LogP contribution is -2.36. The van der Waals surface area contributed by atoms with E-state index in [1.54, 1.807) is 6.20 Å². The lowest BCUT2D eigenvalue weighted by molar-refractivity contribution is 0.0938. The highest BCUT2D eigenvalue weighted by molar-refractivity contribution is 5.94. The SMILES string of the molecule is CN(C)c1ccc(C(=O)NC2CC(c3nc(-c4ccccn4)no3)N(C)C2)cc1. The van der Waals surface area contributed by atoms with Crippen molar-refractivity contribution in [3.05, 3.63) is 60.1 Å². The number of carbonyl (C=O) groups excluding carboxylic acids is 1. The van der Waals surface area contributed by atoms with Gasteiger partial charge in [0, 0.05) is 44.1 Å². The van der Waals surface area contributed by atoms with Gasteiger partial charge in [0.2, 0.25) is 11.7 Å². The summed E-state index contributed by atoms with van der Waals surface area (Å²) in [6.07, 6.45) is 2.41. The fourth-order valence-electron chi connectivity index (χ4n) is 3.54. The van der Waals surface area contributed by atoms with Crippen LogP contribution in [0.5, 0.6) is 0 Å². The number of likely N-dealkylation sites (tertiary alicyclic amines) is 1. The van der Waals surface area contributed by atoms with Gasteiger partial charge in [0.15, 0.2) is 0 Å². The van der Waals surface area contributed by atoms with Crippen molar-refractivity contribution in [1.29, 1.82) is 0 Å². The zero-order chi connectivity index (χ0) is 20.4. The van der Waals surface area contributed by atoms with Gasteiger partial charge in [-0.15, -0.1) is 0 Å². The Morgan fingerprint density at radius 3 is 2.69 bits per heavy atom. The van der Waals surface area contributed by atoms with E-state index in [0.717, 1.165) is 5.69 Å². The van der Waals surface area contributed by atoms with E-state index >= 15 is 0 Å². The molecule has 1 amide bonds. The highest BCUT2D eigenvalue weighted by Crippen LogP contribution is 2.30. The van der Waals surface area contributed by atoms with E-state index in [9.17, 15) is 4.79 Å². The van der Waals surface area contributed by atoms with Crippen LogP contribution in [0.1, 0.15) is 28.7 Å². The molecule has 1 aromatic carbocycles. The van der Waals surface area contributed by atoms with Crippen molar-refractivity contribution in [2.24, 2.45) is 0 Å². The molecule has 1 N–H and O–H groups in total. The summed E-state index contributed by atoms with van der Waals surface area (Å²) >= 11 is 0. The predicted octanol–water partition coefficient (Wildman–Crippen LogP) is 2.37. The van der Waals surface area contributed by atoms with Crippen LogP contribution in [0.25, 0.3) is 11.5 Å². The quantitative estimate of drug-likeness (QED) is 0.713. The first kappa shape index (κ1) is 19.1. The second kappa shape index (κ2) is 8.00. The largest absolute Gasteiger partial charge is 0.378 e. The van der Waals surface area contributed by atoms with Gasteiger partial charge >= 0.3 is 0 Å². The lowest BCUT2D eigenvalue weighted by Gasteiger charge is -2.15. The van der Waals surface area contributed by atoms with Gasteiger partial charge in [-0.25, -0.2) is 0 Å². The van der Waals surface area contributed by atoms with Crippen molar-refractivity contribution in [1.82, 2.24) is 25.3 Å². The molecule has 1 aliphatic rings. The molecule has 29 heavy (non-hydrogen) atoms. The third kappa shape index (κ3) is 4.12. The summed E-state index contributed by atoms with van der Waals surface area (Å²) in [5.74, 6) is 0.941. The molecule has 3 aromatic rings. The maximum absolute atomic E-state index is 12.6. The Morgan fingerprint density at radius 2 is 2.00 bits per heavy atom. The second-order valence-electron chi connectivity index (χ2n) is 7.47. The number of amides is 1. The van der Waals surface area contributed by atoms with Crippen LogP contribution in [-0.2, 0) is 0 Å². The van der Waals surface area contributed by atoms with Crippen LogP contribution in [0.2, 0.25) is 0 Å². The summed E-state index contributed by atoms with van der Waals surface area (Å²) in [5, 5.41) is 7.17. The molecule has 2 aromatic heterocycles. The first-order valence-electron chi connectivity index (χ1n) is 9.55. The molecule has 2 atom stereocenters. The molecular weight excluding hydrogens is 368 g/mol. The average Bonchev–Trinajstić information content (AvgIpc) is 3.35. The third-order valence-electron chi connectivity index (χ3n) is 5.15. The van der Waals surface area contributed by atoms with Crippen molar-refractivity contribution in [2.45, 2.75) is 18.5 Å². The minimum atomic E-state index is -0.0749. The molecule has 1 aliphatic heterocycles. The summed E-state index contributed by atoms with van der Waals surface area (Å²) in [7, 11) is 5.94. The molecule has 4 rings (SSSR count). The number of nitrogens with zero attached hydrogens (tertiary/aromatic N) is 5. The summed E-state index contributed by atoms with van der Waals surface area (Å²) < 4.78 is 5.49. The molecule has 1 fully saturated rings. The Bertz CT molecular complexity index is 970. The second-order valence-corrected chi connectivity index (χ2v) is 7.47. The first-order valence-corrected chi connectivity index (χ1v) is 9.55. The number of anilines is 1. The Labute approximate surface area is 169 Å². The number of hydrogen-bond donors (Lipinski definition) is 1. The highest BCUT2D eigenvalue weighted by atomic mass is 16.5. The summed E-state index contributed by atoms with van der Waals surface area (Å²) in [6, 6.07) is 13.1. The van der Waals surface area contributed by atoms with Crippen LogP contribution in [0.3, 0.4) is 0 Å². The minimum Gasteiger partial charge on any atom is -0.378 e. The summed E-state index contributed by atoms with van der Waals surface area (Å²) in [5.41, 5.74) is 2.38. The molecule has 0 bridgehead atoms. The summed E-state index contributed by atoms with van der Waals surface area (Å²) in [4.78, 5) is 25.5. The van der Waals surface area contributed by atoms with E-state index in [4.69, 9.17) is 4.52 Å². The molecule has 0 saturated carbocycles. The van der Waals surface area contributed by atoms with Gasteiger partial charge in [-0.1, -0.05) is 11.2 Å². The molecular formula is C21H24N6O2. The van der Waals surface area contributed by atoms with Crippen molar-refractivity contribution < 1.29 is 9.32 Å². The van der Waals surface area contributed by atoms with Crippen LogP contribution in [0, 0.1) is 0 Å². The number of benzene rings is 1. The van der Waals surface area contributed by atoms with Crippen LogP contribution >= 0.6 is 0 Å². The van der Waals surface area contributed by atoms with Gasteiger partial charge in [-0.05, 0) is 49.9 Å². The lowest BCUT2D eigenvalue weighted by atomic mass is 10.1. The monoisotopic (exact) mass is 392 g/mol. The van der Waals surface area contributed by atoms with Crippen molar-refractivity contribution in [2.75, 3.05) is 32.6 Å². The van der Waals surface area contributed by atoms with E-state index < -0.39 is 0 Å². The van der Waals surface area contributed by atoms with Crippen LogP contribution < -0.4 is 10.2 Å². The minimum absolute atomic E-state index is 0.0104. The van der Waals surface area contributed by atoms with Crippen LogP contribution in [0.4, 0.5) is 5.69 Å². The molecule has 0 radical (unpaired) electrons. The Hall–Kier alpha value is -3.26. The van der Waals surface area contributed by atoms with E-state index in [0.29, 0.717) is 35.9 Å². The van der Waals surface area contributed by atoms with Gasteiger partial charge in [-0.2, -0.15) is 4.98 Å². The molecule has 1 saturated heterocycles. The number of pyridine rings is 1. The molecule has 8 heteroatoms. The Morgan fingerprint density at radius 1 is 1.21 bits per heavy atom. The molecule has 8 nitrogen and oxygen atoms in total. The van der Waals surface area contributed by atoms with Crippen LogP contribution in [-0.4, -0.2) is 59.7 Å². The summed E-state index contributed by atoms with van der Waals surface area (Å²) in [6.45, 7) is 0.716. The highest BCUT2D eigenvalue weighted by Gasteiger charge is 2.35. The van der Waals surface area contributed by atoms with E-state index in [1.165, 1.54) is 0 Å². The average molecular weight is 392 g/mol. The maximum Gasteiger partial charge on any atom is 0.251 e. The van der Waals surface area contributed by atoms with Gasteiger partial charge in [0.05, 0.1) is 6.04 Å².